The van der Waals surface area contributed by atoms with E-state index < -0.39 is 0 Å². The Kier molecular flexibility index (Phi) is 3.39. The molecule has 0 amide bonds. The lowest BCUT2D eigenvalue weighted by molar-refractivity contribution is 0.101. The van der Waals surface area contributed by atoms with E-state index in [1.54, 1.807) is 16.7 Å². The summed E-state index contributed by atoms with van der Waals surface area (Å²) in [6.45, 7) is 4.05. The number of aromatic nitrogens is 1. The average molecular weight is 291 g/mol. The minimum Gasteiger partial charge on any atom is -0.330 e. The number of halogens is 3. The Morgan fingerprint density at radius 1 is 1.29 bits per heavy atom. The fraction of sp³-hybridized carbons (Fsp3) is 0.250. The molecule has 0 aliphatic rings. The highest BCUT2D eigenvalue weighted by molar-refractivity contribution is 6.46. The van der Waals surface area contributed by atoms with Gasteiger partial charge in [-0.25, -0.2) is 0 Å². The van der Waals surface area contributed by atoms with E-state index in [4.69, 9.17) is 34.8 Å². The van der Waals surface area contributed by atoms with E-state index in [1.807, 2.05) is 6.92 Å². The van der Waals surface area contributed by atoms with E-state index in [0.717, 1.165) is 10.9 Å². The zero-order chi connectivity index (χ0) is 12.7. The van der Waals surface area contributed by atoms with Gasteiger partial charge < -0.3 is 4.57 Å². The molecule has 0 spiro atoms. The topological polar surface area (TPSA) is 22.0 Å². The van der Waals surface area contributed by atoms with Crippen molar-refractivity contribution in [3.05, 3.63) is 32.9 Å². The van der Waals surface area contributed by atoms with Gasteiger partial charge in [0.25, 0.3) is 0 Å². The molecule has 1 heterocycles. The van der Waals surface area contributed by atoms with E-state index in [1.165, 1.54) is 6.92 Å². The number of hydrogen-bond acceptors (Lipinski definition) is 1. The summed E-state index contributed by atoms with van der Waals surface area (Å²) < 4.78 is 1.79. The Balaban J connectivity index is 3.00. The van der Waals surface area contributed by atoms with Crippen molar-refractivity contribution in [1.82, 2.24) is 4.57 Å². The van der Waals surface area contributed by atoms with Gasteiger partial charge >= 0.3 is 0 Å². The van der Waals surface area contributed by atoms with Gasteiger partial charge in [0.15, 0.2) is 5.78 Å². The van der Waals surface area contributed by atoms with Crippen LogP contribution in [0.5, 0.6) is 0 Å². The number of ketones is 1. The molecule has 0 saturated carbocycles. The van der Waals surface area contributed by atoms with E-state index in [0.29, 0.717) is 27.3 Å². The lowest BCUT2D eigenvalue weighted by atomic mass is 10.1. The summed E-state index contributed by atoms with van der Waals surface area (Å²) in [7, 11) is 0. The molecule has 0 aliphatic carbocycles. The number of nitrogens with zero attached hydrogens (tertiary/aromatic N) is 1. The quantitative estimate of drug-likeness (QED) is 0.727. The van der Waals surface area contributed by atoms with Crippen molar-refractivity contribution >= 4 is 51.5 Å². The van der Waals surface area contributed by atoms with Gasteiger partial charge in [0.2, 0.25) is 0 Å². The molecule has 1 aromatic heterocycles. The summed E-state index contributed by atoms with van der Waals surface area (Å²) in [4.78, 5) is 11.6. The lowest BCUT2D eigenvalue weighted by Gasteiger charge is -2.04. The third-order valence-electron chi connectivity index (χ3n) is 2.72. The number of Topliss-reactive ketones (excluding diaryl/α,β-unsaturated/α-hetero) is 1. The third kappa shape index (κ3) is 1.85. The third-order valence-corrected chi connectivity index (χ3v) is 3.91. The van der Waals surface area contributed by atoms with E-state index >= 15 is 0 Å². The standard InChI is InChI=1S/C12H10Cl3NO/c1-3-16-11-7(4-5-8(13)10(11)14)9(6(2)17)12(16)15/h4-5H,3H2,1-2H3. The predicted molar refractivity (Wildman–Crippen MR) is 72.6 cm³/mol. The van der Waals surface area contributed by atoms with Gasteiger partial charge in [-0.1, -0.05) is 40.9 Å². The smallest absolute Gasteiger partial charge is 0.163 e. The van der Waals surface area contributed by atoms with Crippen LogP contribution in [0.2, 0.25) is 15.2 Å². The van der Waals surface area contributed by atoms with Gasteiger partial charge in [-0.2, -0.15) is 0 Å². The summed E-state index contributed by atoms with van der Waals surface area (Å²) in [6, 6.07) is 3.45. The predicted octanol–water partition coefficient (Wildman–Crippen LogP) is 4.82. The fourth-order valence-electron chi connectivity index (χ4n) is 1.98. The molecular formula is C12H10Cl3NO. The molecule has 0 bridgehead atoms. The number of benzene rings is 1. The Morgan fingerprint density at radius 2 is 1.94 bits per heavy atom. The first-order valence-electron chi connectivity index (χ1n) is 5.15. The minimum atomic E-state index is -0.0782. The second-order valence-corrected chi connectivity index (χ2v) is 4.87. The van der Waals surface area contributed by atoms with Crippen LogP contribution in [-0.4, -0.2) is 10.4 Å². The molecule has 2 aromatic rings. The summed E-state index contributed by atoms with van der Waals surface area (Å²) in [6.07, 6.45) is 0. The first kappa shape index (κ1) is 12.7. The Labute approximate surface area is 114 Å². The SMILES string of the molecule is CCn1c(Cl)c(C(C)=O)c2ccc(Cl)c(Cl)c21. The van der Waals surface area contributed by atoms with Crippen LogP contribution in [0.25, 0.3) is 10.9 Å². The fourth-order valence-corrected chi connectivity index (χ4v) is 2.84. The molecule has 2 rings (SSSR count). The molecule has 0 fully saturated rings. The first-order valence-corrected chi connectivity index (χ1v) is 6.29. The summed E-state index contributed by atoms with van der Waals surface area (Å²) >= 11 is 18.4. The van der Waals surface area contributed by atoms with Crippen molar-refractivity contribution < 1.29 is 4.79 Å². The maximum atomic E-state index is 11.6. The Hall–Kier alpha value is -0.700. The van der Waals surface area contributed by atoms with Crippen molar-refractivity contribution in [3.8, 4) is 0 Å². The number of carbonyl (C=O) groups is 1. The maximum Gasteiger partial charge on any atom is 0.163 e. The van der Waals surface area contributed by atoms with Crippen molar-refractivity contribution in [2.45, 2.75) is 20.4 Å². The highest BCUT2D eigenvalue weighted by Gasteiger charge is 2.20. The summed E-state index contributed by atoms with van der Waals surface area (Å²) in [5.41, 5.74) is 1.22. The van der Waals surface area contributed by atoms with Crippen molar-refractivity contribution in [2.24, 2.45) is 0 Å². The molecule has 0 unspecified atom stereocenters. The zero-order valence-corrected chi connectivity index (χ0v) is 11.6. The van der Waals surface area contributed by atoms with Gasteiger partial charge in [-0.05, 0) is 19.9 Å². The summed E-state index contributed by atoms with van der Waals surface area (Å²) in [5, 5.41) is 2.05. The zero-order valence-electron chi connectivity index (χ0n) is 9.35. The minimum absolute atomic E-state index is 0.0782. The maximum absolute atomic E-state index is 11.6. The van der Waals surface area contributed by atoms with Crippen LogP contribution in [-0.2, 0) is 6.54 Å². The molecule has 2 nitrogen and oxygen atoms in total. The van der Waals surface area contributed by atoms with E-state index in [-0.39, 0.29) is 5.78 Å². The summed E-state index contributed by atoms with van der Waals surface area (Å²) in [5.74, 6) is -0.0782. The highest BCUT2D eigenvalue weighted by atomic mass is 35.5. The average Bonchev–Trinajstić information content (AvgIpc) is 2.56. The van der Waals surface area contributed by atoms with Gasteiger partial charge in [-0.3, -0.25) is 4.79 Å². The molecule has 90 valence electrons. The Bertz CT molecular complexity index is 616. The molecule has 1 aromatic carbocycles. The second kappa shape index (κ2) is 4.52. The number of carbonyl (C=O) groups excluding carboxylic acids is 1. The highest BCUT2D eigenvalue weighted by Crippen LogP contribution is 2.38. The number of hydrogen-bond donors (Lipinski definition) is 0. The monoisotopic (exact) mass is 289 g/mol. The van der Waals surface area contributed by atoms with Gasteiger partial charge in [0.05, 0.1) is 21.1 Å². The molecule has 0 aliphatic heterocycles. The van der Waals surface area contributed by atoms with E-state index in [2.05, 4.69) is 0 Å². The molecule has 5 heteroatoms. The van der Waals surface area contributed by atoms with Crippen molar-refractivity contribution in [2.75, 3.05) is 0 Å². The lowest BCUT2D eigenvalue weighted by Crippen LogP contribution is -1.96. The molecule has 0 saturated heterocycles. The number of aryl methyl sites for hydroxylation is 1. The van der Waals surface area contributed by atoms with Crippen LogP contribution in [0.3, 0.4) is 0 Å². The number of rotatable bonds is 2. The van der Waals surface area contributed by atoms with E-state index in [9.17, 15) is 4.79 Å². The molecule has 0 atom stereocenters. The van der Waals surface area contributed by atoms with Crippen LogP contribution < -0.4 is 0 Å². The van der Waals surface area contributed by atoms with Gasteiger partial charge in [0, 0.05) is 11.9 Å². The van der Waals surface area contributed by atoms with Gasteiger partial charge in [-0.15, -0.1) is 0 Å². The van der Waals surface area contributed by atoms with Crippen molar-refractivity contribution in [1.29, 1.82) is 0 Å². The number of fused-ring (bicyclic) bond motifs is 1. The first-order chi connectivity index (χ1) is 7.99. The largest absolute Gasteiger partial charge is 0.330 e. The molecular weight excluding hydrogens is 280 g/mol. The molecule has 17 heavy (non-hydrogen) atoms. The van der Waals surface area contributed by atoms with Crippen LogP contribution >= 0.6 is 34.8 Å². The van der Waals surface area contributed by atoms with Crippen LogP contribution in [0.1, 0.15) is 24.2 Å². The van der Waals surface area contributed by atoms with Crippen LogP contribution in [0.4, 0.5) is 0 Å². The molecule has 0 radical (unpaired) electrons. The second-order valence-electron chi connectivity index (χ2n) is 3.72. The molecule has 0 N–H and O–H groups in total. The normalized spacial score (nSPS) is 11.1. The Morgan fingerprint density at radius 3 is 2.47 bits per heavy atom. The van der Waals surface area contributed by atoms with Crippen LogP contribution in [0, 0.1) is 0 Å². The van der Waals surface area contributed by atoms with Gasteiger partial charge in [0.1, 0.15) is 5.15 Å². The van der Waals surface area contributed by atoms with Crippen LogP contribution in [0.15, 0.2) is 12.1 Å². The van der Waals surface area contributed by atoms with Crippen molar-refractivity contribution in [3.63, 3.8) is 0 Å².